The largest absolute Gasteiger partial charge is 0.489 e. The maximum atomic E-state index is 12.9. The summed E-state index contributed by atoms with van der Waals surface area (Å²) in [6.45, 7) is 1.83. The SMILES string of the molecule is O=C(O)CCc1cccc(OC2CCN(Cc3cccc(C(F)(F)F)c3)C2)c1. The average molecular weight is 393 g/mol. The van der Waals surface area contributed by atoms with Crippen LogP contribution in [0.3, 0.4) is 0 Å². The number of alkyl halides is 3. The van der Waals surface area contributed by atoms with Crippen LogP contribution in [-0.2, 0) is 23.9 Å². The minimum Gasteiger partial charge on any atom is -0.489 e. The molecule has 0 radical (unpaired) electrons. The quantitative estimate of drug-likeness (QED) is 0.759. The first kappa shape index (κ1) is 20.2. The van der Waals surface area contributed by atoms with E-state index in [1.54, 1.807) is 6.07 Å². The van der Waals surface area contributed by atoms with Gasteiger partial charge in [-0.05, 0) is 42.2 Å². The normalized spacial score (nSPS) is 17.6. The Morgan fingerprint density at radius 1 is 1.14 bits per heavy atom. The molecule has 0 amide bonds. The second-order valence-corrected chi connectivity index (χ2v) is 7.00. The minimum absolute atomic E-state index is 0.0412. The third kappa shape index (κ3) is 5.73. The van der Waals surface area contributed by atoms with E-state index < -0.39 is 17.7 Å². The second kappa shape index (κ2) is 8.65. The van der Waals surface area contributed by atoms with E-state index in [1.165, 1.54) is 12.1 Å². The van der Waals surface area contributed by atoms with Crippen LogP contribution in [0.1, 0.15) is 29.5 Å². The molecule has 2 aromatic rings. The molecule has 0 aliphatic carbocycles. The Morgan fingerprint density at radius 3 is 2.64 bits per heavy atom. The summed E-state index contributed by atoms with van der Waals surface area (Å²) in [6, 6.07) is 12.8. The summed E-state index contributed by atoms with van der Waals surface area (Å²) < 4.78 is 44.6. The molecule has 1 aliphatic rings. The minimum atomic E-state index is -4.33. The molecule has 1 atom stereocenters. The van der Waals surface area contributed by atoms with Gasteiger partial charge in [0.25, 0.3) is 0 Å². The van der Waals surface area contributed by atoms with Crippen molar-refractivity contribution >= 4 is 5.97 Å². The molecule has 1 saturated heterocycles. The number of carboxylic acids is 1. The van der Waals surface area contributed by atoms with Gasteiger partial charge in [-0.3, -0.25) is 9.69 Å². The maximum Gasteiger partial charge on any atom is 0.416 e. The topological polar surface area (TPSA) is 49.8 Å². The zero-order chi connectivity index (χ0) is 20.1. The van der Waals surface area contributed by atoms with E-state index in [1.807, 2.05) is 24.3 Å². The van der Waals surface area contributed by atoms with Gasteiger partial charge >= 0.3 is 12.1 Å². The lowest BCUT2D eigenvalue weighted by atomic mass is 10.1. The summed E-state index contributed by atoms with van der Waals surface area (Å²) in [5, 5.41) is 8.79. The van der Waals surface area contributed by atoms with Gasteiger partial charge in [-0.1, -0.05) is 30.3 Å². The zero-order valence-electron chi connectivity index (χ0n) is 15.3. The molecular formula is C21H22F3NO3. The van der Waals surface area contributed by atoms with Crippen LogP contribution in [0.5, 0.6) is 5.75 Å². The first-order chi connectivity index (χ1) is 13.3. The van der Waals surface area contributed by atoms with Gasteiger partial charge in [0.2, 0.25) is 0 Å². The first-order valence-electron chi connectivity index (χ1n) is 9.15. The molecule has 1 N–H and O–H groups in total. The molecule has 3 rings (SSSR count). The number of carbonyl (C=O) groups is 1. The van der Waals surface area contributed by atoms with Crippen LogP contribution in [-0.4, -0.2) is 35.2 Å². The van der Waals surface area contributed by atoms with Crippen LogP contribution >= 0.6 is 0 Å². The van der Waals surface area contributed by atoms with Crippen molar-refractivity contribution < 1.29 is 27.8 Å². The predicted octanol–water partition coefficient (Wildman–Crippen LogP) is 4.38. The van der Waals surface area contributed by atoms with Crippen molar-refractivity contribution in [3.63, 3.8) is 0 Å². The Hall–Kier alpha value is -2.54. The molecule has 0 spiro atoms. The zero-order valence-corrected chi connectivity index (χ0v) is 15.3. The molecule has 0 aromatic heterocycles. The van der Waals surface area contributed by atoms with Crippen molar-refractivity contribution in [1.29, 1.82) is 0 Å². The van der Waals surface area contributed by atoms with Crippen molar-refractivity contribution in [2.45, 2.75) is 38.1 Å². The molecule has 2 aromatic carbocycles. The van der Waals surface area contributed by atoms with Crippen LogP contribution in [0.2, 0.25) is 0 Å². The molecule has 7 heteroatoms. The van der Waals surface area contributed by atoms with Gasteiger partial charge in [-0.15, -0.1) is 0 Å². The highest BCUT2D eigenvalue weighted by molar-refractivity contribution is 5.67. The van der Waals surface area contributed by atoms with E-state index in [9.17, 15) is 18.0 Å². The summed E-state index contributed by atoms with van der Waals surface area (Å²) in [5.74, 6) is -0.152. The van der Waals surface area contributed by atoms with Crippen molar-refractivity contribution in [3.05, 3.63) is 65.2 Å². The Morgan fingerprint density at radius 2 is 1.89 bits per heavy atom. The molecule has 150 valence electrons. The summed E-state index contributed by atoms with van der Waals surface area (Å²) >= 11 is 0. The molecule has 0 saturated carbocycles. The number of ether oxygens (including phenoxy) is 1. The maximum absolute atomic E-state index is 12.9. The van der Waals surface area contributed by atoms with E-state index in [2.05, 4.69) is 4.90 Å². The second-order valence-electron chi connectivity index (χ2n) is 7.00. The van der Waals surface area contributed by atoms with Crippen molar-refractivity contribution in [3.8, 4) is 5.75 Å². The number of hydrogen-bond donors (Lipinski definition) is 1. The Balaban J connectivity index is 1.55. The lowest BCUT2D eigenvalue weighted by Gasteiger charge is -2.18. The van der Waals surface area contributed by atoms with E-state index in [0.29, 0.717) is 30.8 Å². The highest BCUT2D eigenvalue weighted by atomic mass is 19.4. The van der Waals surface area contributed by atoms with Crippen LogP contribution in [0.4, 0.5) is 13.2 Å². The van der Waals surface area contributed by atoms with Gasteiger partial charge in [0, 0.05) is 26.1 Å². The number of nitrogens with zero attached hydrogens (tertiary/aromatic N) is 1. The third-order valence-electron chi connectivity index (χ3n) is 4.72. The smallest absolute Gasteiger partial charge is 0.416 e. The molecule has 1 fully saturated rings. The fraction of sp³-hybridized carbons (Fsp3) is 0.381. The molecular weight excluding hydrogens is 371 g/mol. The van der Waals surface area contributed by atoms with Gasteiger partial charge in [0.1, 0.15) is 11.9 Å². The number of rotatable bonds is 7. The number of carboxylic acid groups (broad SMARTS) is 1. The van der Waals surface area contributed by atoms with Crippen LogP contribution in [0.25, 0.3) is 0 Å². The number of hydrogen-bond acceptors (Lipinski definition) is 3. The van der Waals surface area contributed by atoms with Crippen molar-refractivity contribution in [2.75, 3.05) is 13.1 Å². The van der Waals surface area contributed by atoms with Crippen LogP contribution in [0, 0.1) is 0 Å². The molecule has 0 bridgehead atoms. The standard InChI is InChI=1S/C21H22F3NO3/c22-21(23,24)17-5-1-4-16(11-17)13-25-10-9-19(14-25)28-18-6-2-3-15(12-18)7-8-20(26)27/h1-6,11-12,19H,7-10,13-14H2,(H,26,27). The highest BCUT2D eigenvalue weighted by Gasteiger charge is 2.31. The molecule has 4 nitrogen and oxygen atoms in total. The lowest BCUT2D eigenvalue weighted by Crippen LogP contribution is -2.24. The molecule has 28 heavy (non-hydrogen) atoms. The first-order valence-corrected chi connectivity index (χ1v) is 9.15. The number of likely N-dealkylation sites (tertiary alicyclic amines) is 1. The number of benzene rings is 2. The van der Waals surface area contributed by atoms with Crippen LogP contribution in [0.15, 0.2) is 48.5 Å². The van der Waals surface area contributed by atoms with Crippen molar-refractivity contribution in [2.24, 2.45) is 0 Å². The molecule has 1 aliphatic heterocycles. The Bertz CT molecular complexity index is 823. The Kier molecular flexibility index (Phi) is 6.24. The average Bonchev–Trinajstić information content (AvgIpc) is 3.06. The van der Waals surface area contributed by atoms with Crippen LogP contribution < -0.4 is 4.74 Å². The Labute approximate surface area is 161 Å². The number of halogens is 3. The van der Waals surface area contributed by atoms with Gasteiger partial charge in [0.05, 0.1) is 5.56 Å². The number of aliphatic carboxylic acids is 1. The fourth-order valence-corrected chi connectivity index (χ4v) is 3.36. The van der Waals surface area contributed by atoms with E-state index in [-0.39, 0.29) is 12.5 Å². The summed E-state index contributed by atoms with van der Waals surface area (Å²) in [6.07, 6.45) is -3.08. The van der Waals surface area contributed by atoms with Crippen molar-refractivity contribution in [1.82, 2.24) is 4.90 Å². The summed E-state index contributed by atoms with van der Waals surface area (Å²) in [7, 11) is 0. The highest BCUT2D eigenvalue weighted by Crippen LogP contribution is 2.30. The van der Waals surface area contributed by atoms with E-state index >= 15 is 0 Å². The van der Waals surface area contributed by atoms with Gasteiger partial charge < -0.3 is 9.84 Å². The van der Waals surface area contributed by atoms with E-state index in [0.717, 1.165) is 24.6 Å². The lowest BCUT2D eigenvalue weighted by molar-refractivity contribution is -0.138. The van der Waals surface area contributed by atoms with Gasteiger partial charge in [-0.25, -0.2) is 0 Å². The monoisotopic (exact) mass is 393 g/mol. The fourth-order valence-electron chi connectivity index (χ4n) is 3.36. The predicted molar refractivity (Wildman–Crippen MR) is 98.2 cm³/mol. The molecule has 1 unspecified atom stereocenters. The third-order valence-corrected chi connectivity index (χ3v) is 4.72. The van der Waals surface area contributed by atoms with E-state index in [4.69, 9.17) is 9.84 Å². The summed E-state index contributed by atoms with van der Waals surface area (Å²) in [5.41, 5.74) is 0.903. The summed E-state index contributed by atoms with van der Waals surface area (Å²) in [4.78, 5) is 12.8. The van der Waals surface area contributed by atoms with Gasteiger partial charge in [-0.2, -0.15) is 13.2 Å². The number of aryl methyl sites for hydroxylation is 1. The molecule has 1 heterocycles. The van der Waals surface area contributed by atoms with Gasteiger partial charge in [0.15, 0.2) is 0 Å².